The van der Waals surface area contributed by atoms with Gasteiger partial charge in [-0.25, -0.2) is 37.1 Å². The molecular formula is C110H88BrCl2N19O15. The van der Waals surface area contributed by atoms with Crippen molar-refractivity contribution < 1.29 is 69.7 Å². The summed E-state index contributed by atoms with van der Waals surface area (Å²) in [7, 11) is 0. The Balaban J connectivity index is 0.000000161. The normalized spacial score (nSPS) is 10.7. The molecule has 18 rings (SSSR count). The van der Waals surface area contributed by atoms with Gasteiger partial charge in [0.1, 0.15) is 51.6 Å². The van der Waals surface area contributed by atoms with Gasteiger partial charge in [0.25, 0.3) is 35.2 Å². The van der Waals surface area contributed by atoms with E-state index in [1.54, 1.807) is 207 Å². The molecule has 0 saturated heterocycles. The molecule has 0 fully saturated rings. The third kappa shape index (κ3) is 34.3. The van der Waals surface area contributed by atoms with E-state index >= 15 is 0 Å². The van der Waals surface area contributed by atoms with Crippen LogP contribution in [0.3, 0.4) is 0 Å². The van der Waals surface area contributed by atoms with Crippen molar-refractivity contribution in [3.8, 4) is 46.0 Å². The molecule has 0 spiro atoms. The van der Waals surface area contributed by atoms with Gasteiger partial charge in [0.15, 0.2) is 17.4 Å². The topological polar surface area (TPSA) is 513 Å². The molecule has 37 heteroatoms. The van der Waals surface area contributed by atoms with Crippen molar-refractivity contribution in [3.63, 3.8) is 0 Å². The third-order valence-corrected chi connectivity index (χ3v) is 21.2. The number of aromatic hydroxyl groups is 8. The molecule has 0 atom stereocenters. The van der Waals surface area contributed by atoms with Crippen LogP contribution in [0.25, 0.3) is 32.3 Å². The number of halogens is 3. The van der Waals surface area contributed by atoms with Crippen LogP contribution < -0.4 is 27.1 Å². The number of hydrogen-bond acceptors (Lipinski definition) is 28. The molecule has 147 heavy (non-hydrogen) atoms. The van der Waals surface area contributed by atoms with Crippen LogP contribution in [0.1, 0.15) is 90.7 Å². The molecule has 34 nitrogen and oxygen atoms in total. The largest absolute Gasteiger partial charge is 0.508 e. The number of rotatable bonds is 20. The number of phenols is 8. The first-order valence-electron chi connectivity index (χ1n) is 43.8. The van der Waals surface area contributed by atoms with E-state index in [0.29, 0.717) is 83.1 Å². The van der Waals surface area contributed by atoms with E-state index in [1.165, 1.54) is 92.3 Å². The number of nitro groups is 1. The second-order valence-electron chi connectivity index (χ2n) is 30.2. The van der Waals surface area contributed by atoms with Crippen molar-refractivity contribution in [1.29, 1.82) is 0 Å². The Hall–Kier alpha value is -19.8. The lowest BCUT2D eigenvalue weighted by Gasteiger charge is -2.04. The van der Waals surface area contributed by atoms with Crippen LogP contribution in [0, 0.1) is 24.0 Å². The summed E-state index contributed by atoms with van der Waals surface area (Å²) in [5.74, 6) is 0.200. The fraction of sp³-hybridized carbons (Fsp3) is 0.0182. The minimum Gasteiger partial charge on any atom is -0.508 e. The molecule has 0 radical (unpaired) electrons. The van der Waals surface area contributed by atoms with Gasteiger partial charge in [0.05, 0.1) is 46.0 Å². The van der Waals surface area contributed by atoms with E-state index in [2.05, 4.69) is 109 Å². The number of pyridine rings is 4. The predicted molar refractivity (Wildman–Crippen MR) is 571 cm³/mol. The zero-order valence-electron chi connectivity index (χ0n) is 77.7. The Morgan fingerprint density at radius 1 is 0.320 bits per heavy atom. The molecule has 0 aliphatic heterocycles. The maximum absolute atomic E-state index is 11.9. The van der Waals surface area contributed by atoms with Gasteiger partial charge in [0.2, 0.25) is 0 Å². The molecule has 0 bridgehead atoms. The lowest BCUT2D eigenvalue weighted by atomic mass is 10.0. The van der Waals surface area contributed by atoms with E-state index < -0.39 is 10.8 Å². The summed E-state index contributed by atoms with van der Waals surface area (Å²) < 4.78 is 0.904. The standard InChI is InChI=1S/C18H14N2O2.C17H13N3O2.C15H11N3O.C14H11BrN2O2.C14H11N3O4.C13H11N3O2.C12H11N3O.C7H6Cl2O/c21-17-11-10-13-6-4-5-9-15(13)16(17)12-19-20-18(22)14-7-2-1-3-8-14;21-16-6-5-12-3-1-2-4-14(12)15(16)11-19-20-17(22)13-7-9-18-10-8-13;19-15-12-6-2-1-5-11(12)8-9-13(15)17-18-14-7-3-4-10-16-14;15-12-7-5-10(6-8-12)14(19)17-16-9-11-3-1-2-4-13(11)18;18-13-4-2-1-3-11(13)9-15-16-14(19)10-5-7-12(8-6-10)17(20)21;17-12-4-2-1-3-11(12)9-15-16-13(18)10-5-7-14-8-6-10;1-9-5-6-10(11(16)8-9)14-15-12-4-2-3-7-13-12;1-4-2-5(8)6(9)3-7(4)10/h1-12,21H,(H,20,22);1-11,21H,(H,20,22);1-10,19H;1-9,18H,(H,17,19);1-9,18H,(H,16,19);1-9,17H,(H,16,18);2-8,16H,1H3;2-3,10H,1H3/b19-12+;19-11+;;16-9+;2*15-9+;;. The SMILES string of the molecule is Cc1cc(Cl)c(Cl)cc1O.Cc1ccc(N=Nc2ccccn2)c(O)c1.O=C(N/N=C/c1c(O)ccc2ccccc12)c1ccccc1.O=C(N/N=C/c1c(O)ccc2ccccc12)c1ccncc1.O=C(N/N=C/c1ccccc1O)c1ccc(Br)cc1.O=C(N/N=C/c1ccccc1O)c1ccc([N+](=O)[O-])cc1.O=C(N/N=C/c1ccccc1O)c1ccncc1.Oc1c(N=Nc2ccccn2)ccc2ccccc12. The van der Waals surface area contributed by atoms with Crippen LogP contribution in [-0.4, -0.2) is 126 Å². The molecule has 0 unspecified atom stereocenters. The second kappa shape index (κ2) is 56.5. The number of aryl methyl sites for hydroxylation is 2. The fourth-order valence-corrected chi connectivity index (χ4v) is 13.0. The number of fused-ring (bicyclic) bond motifs is 3. The van der Waals surface area contributed by atoms with Crippen molar-refractivity contribution >= 4 is 161 Å². The summed E-state index contributed by atoms with van der Waals surface area (Å²) in [6.07, 6.45) is 16.4. The first-order valence-corrected chi connectivity index (χ1v) is 45.4. The number of carbonyl (C=O) groups is 5. The van der Waals surface area contributed by atoms with E-state index in [4.69, 9.17) is 28.3 Å². The maximum Gasteiger partial charge on any atom is 0.271 e. The van der Waals surface area contributed by atoms with Crippen LogP contribution in [0.15, 0.2) is 439 Å². The Bertz CT molecular complexity index is 7580. The van der Waals surface area contributed by atoms with E-state index in [1.807, 2.05) is 134 Å². The number of hydrogen-bond donors (Lipinski definition) is 13. The molecule has 18 aromatic rings. The molecule has 0 saturated carbocycles. The van der Waals surface area contributed by atoms with Gasteiger partial charge in [-0.05, 0) is 222 Å². The van der Waals surface area contributed by atoms with Gasteiger partial charge in [-0.15, -0.1) is 20.5 Å². The number of azo groups is 2. The molecule has 13 N–H and O–H groups in total. The summed E-state index contributed by atoms with van der Waals surface area (Å²) >= 11 is 14.5. The minimum atomic E-state index is -0.544. The number of aromatic nitrogens is 4. The van der Waals surface area contributed by atoms with E-state index in [9.17, 15) is 69.8 Å². The molecule has 5 amide bonds. The summed E-state index contributed by atoms with van der Waals surface area (Å²) in [5, 5.41) is 129. The third-order valence-electron chi connectivity index (χ3n) is 20.0. The average molecular weight is 2070 g/mol. The monoisotopic (exact) mass is 2060 g/mol. The Kier molecular flexibility index (Phi) is 41.3. The lowest BCUT2D eigenvalue weighted by molar-refractivity contribution is -0.384. The number of benzene rings is 14. The van der Waals surface area contributed by atoms with E-state index in [0.717, 1.165) is 47.9 Å². The van der Waals surface area contributed by atoms with Gasteiger partial charge in [-0.2, -0.15) is 25.5 Å². The van der Waals surface area contributed by atoms with Crippen molar-refractivity contribution in [2.45, 2.75) is 13.8 Å². The predicted octanol–water partition coefficient (Wildman–Crippen LogP) is 23.4. The number of nitro benzene ring substituents is 1. The number of nitrogens with zero attached hydrogens (tertiary/aromatic N) is 14. The Morgan fingerprint density at radius 3 is 1.07 bits per heavy atom. The number of phenolic OH excluding ortho intramolecular Hbond substituents is 8. The summed E-state index contributed by atoms with van der Waals surface area (Å²) in [4.78, 5) is 84.5. The van der Waals surface area contributed by atoms with Gasteiger partial charge in [-0.3, -0.25) is 44.1 Å². The van der Waals surface area contributed by atoms with Gasteiger partial charge in [-0.1, -0.05) is 203 Å². The molecule has 4 heterocycles. The highest BCUT2D eigenvalue weighted by Gasteiger charge is 2.14. The van der Waals surface area contributed by atoms with Crippen LogP contribution >= 0.6 is 39.1 Å². The number of non-ortho nitro benzene ring substituents is 1. The first kappa shape index (κ1) is 108. The number of amides is 5. The highest BCUT2D eigenvalue weighted by Crippen LogP contribution is 2.37. The number of hydrazone groups is 5. The van der Waals surface area contributed by atoms with Crippen molar-refractivity contribution in [3.05, 3.63) is 480 Å². The second-order valence-corrected chi connectivity index (χ2v) is 32.0. The highest BCUT2D eigenvalue weighted by molar-refractivity contribution is 9.10. The fourth-order valence-electron chi connectivity index (χ4n) is 12.4. The summed E-state index contributed by atoms with van der Waals surface area (Å²) in [6, 6.07) is 99.8. The maximum atomic E-state index is 11.9. The summed E-state index contributed by atoms with van der Waals surface area (Å²) in [5.41, 5.74) is 19.3. The minimum absolute atomic E-state index is 0.0471. The molecule has 0 aliphatic rings. The average Bonchev–Trinajstić information content (AvgIpc) is 0.815. The highest BCUT2D eigenvalue weighted by atomic mass is 79.9. The molecule has 4 aromatic heterocycles. The first-order chi connectivity index (χ1) is 71.2. The number of nitrogens with one attached hydrogen (secondary N) is 5. The number of para-hydroxylation sites is 3. The lowest BCUT2D eigenvalue weighted by Crippen LogP contribution is -2.17. The molecule has 734 valence electrons. The molecule has 0 aliphatic carbocycles. The quantitative estimate of drug-likeness (QED) is 0.0146. The zero-order chi connectivity index (χ0) is 105. The zero-order valence-corrected chi connectivity index (χ0v) is 80.8. The Morgan fingerprint density at radius 2 is 0.667 bits per heavy atom. The van der Waals surface area contributed by atoms with Gasteiger partial charge < -0.3 is 40.9 Å². The Labute approximate surface area is 858 Å². The van der Waals surface area contributed by atoms with Crippen molar-refractivity contribution in [2.75, 3.05) is 0 Å². The van der Waals surface area contributed by atoms with Crippen molar-refractivity contribution in [2.24, 2.45) is 46.0 Å². The summed E-state index contributed by atoms with van der Waals surface area (Å²) in [6.45, 7) is 3.66. The smallest absolute Gasteiger partial charge is 0.271 e. The van der Waals surface area contributed by atoms with Crippen LogP contribution in [0.2, 0.25) is 10.0 Å². The molecule has 14 aromatic carbocycles. The van der Waals surface area contributed by atoms with E-state index in [-0.39, 0.29) is 80.9 Å². The van der Waals surface area contributed by atoms with Crippen molar-refractivity contribution in [1.82, 2.24) is 47.1 Å². The van der Waals surface area contributed by atoms with Crippen LogP contribution in [0.4, 0.5) is 28.7 Å². The van der Waals surface area contributed by atoms with Crippen LogP contribution in [-0.2, 0) is 0 Å². The molecular weight excluding hydrogens is 1980 g/mol. The number of carbonyl (C=O) groups excluding carboxylic acids is 5. The van der Waals surface area contributed by atoms with Gasteiger partial charge in [0, 0.05) is 121 Å². The van der Waals surface area contributed by atoms with Crippen LogP contribution in [0.5, 0.6) is 46.0 Å². The van der Waals surface area contributed by atoms with Gasteiger partial charge >= 0.3 is 0 Å².